The van der Waals surface area contributed by atoms with E-state index in [1.807, 2.05) is 0 Å². The Morgan fingerprint density at radius 3 is 2.73 bits per heavy atom. The number of sulfonamides is 1. The molecule has 1 aromatic carbocycles. The van der Waals surface area contributed by atoms with Crippen molar-refractivity contribution in [3.8, 4) is 0 Å². The number of fused-ring (bicyclic) bond motifs is 1. The molecule has 80 valence electrons. The van der Waals surface area contributed by atoms with Gasteiger partial charge in [0.2, 0.25) is 10.0 Å². The first-order chi connectivity index (χ1) is 6.88. The van der Waals surface area contributed by atoms with Crippen LogP contribution < -0.4 is 5.14 Å². The molecule has 0 aliphatic carbocycles. The molecule has 0 saturated carbocycles. The van der Waals surface area contributed by atoms with Crippen LogP contribution in [0.25, 0.3) is 11.0 Å². The van der Waals surface area contributed by atoms with Gasteiger partial charge in [-0.25, -0.2) is 18.5 Å². The van der Waals surface area contributed by atoms with Crippen molar-refractivity contribution in [2.45, 2.75) is 11.8 Å². The third-order valence-corrected chi connectivity index (χ3v) is 3.34. The monoisotopic (exact) mass is 245 g/mol. The summed E-state index contributed by atoms with van der Waals surface area (Å²) >= 11 is 5.78. The minimum atomic E-state index is -3.80. The summed E-state index contributed by atoms with van der Waals surface area (Å²) in [5.41, 5.74) is 1.21. The second-order valence-electron chi connectivity index (χ2n) is 3.17. The lowest BCUT2D eigenvalue weighted by Gasteiger charge is -2.00. The summed E-state index contributed by atoms with van der Waals surface area (Å²) in [4.78, 5) is 6.93. The highest BCUT2D eigenvalue weighted by Crippen LogP contribution is 2.25. The fourth-order valence-electron chi connectivity index (χ4n) is 1.36. The molecule has 0 aliphatic heterocycles. The maximum atomic E-state index is 11.2. The first kappa shape index (κ1) is 10.4. The van der Waals surface area contributed by atoms with E-state index in [1.165, 1.54) is 12.1 Å². The number of nitrogens with two attached hydrogens (primary N) is 1. The zero-order valence-corrected chi connectivity index (χ0v) is 9.35. The molecule has 5 nitrogen and oxygen atoms in total. The van der Waals surface area contributed by atoms with Gasteiger partial charge in [0, 0.05) is 0 Å². The normalized spacial score (nSPS) is 12.2. The number of halogens is 1. The van der Waals surface area contributed by atoms with E-state index in [-0.39, 0.29) is 9.92 Å². The third-order valence-electron chi connectivity index (χ3n) is 1.96. The van der Waals surface area contributed by atoms with E-state index >= 15 is 0 Å². The summed E-state index contributed by atoms with van der Waals surface area (Å²) in [5.74, 6) is 0.688. The zero-order chi connectivity index (χ0) is 11.2. The van der Waals surface area contributed by atoms with Crippen molar-refractivity contribution in [1.29, 1.82) is 0 Å². The maximum Gasteiger partial charge on any atom is 0.239 e. The minimum absolute atomic E-state index is 0.0801. The van der Waals surface area contributed by atoms with E-state index in [0.717, 1.165) is 0 Å². The molecular weight excluding hydrogens is 238 g/mol. The van der Waals surface area contributed by atoms with Crippen molar-refractivity contribution < 1.29 is 8.42 Å². The SMILES string of the molecule is Cc1nc2cc(Cl)c(S(N)(=O)=O)cc2[nH]1. The van der Waals surface area contributed by atoms with Crippen molar-refractivity contribution in [2.24, 2.45) is 5.14 Å². The van der Waals surface area contributed by atoms with Crippen molar-refractivity contribution in [3.63, 3.8) is 0 Å². The number of aromatic nitrogens is 2. The predicted octanol–water partition coefficient (Wildman–Crippen LogP) is 1.17. The van der Waals surface area contributed by atoms with Gasteiger partial charge in [0.15, 0.2) is 0 Å². The summed E-state index contributed by atoms with van der Waals surface area (Å²) in [6.45, 7) is 1.77. The van der Waals surface area contributed by atoms with Crippen LogP contribution >= 0.6 is 11.6 Å². The topological polar surface area (TPSA) is 88.8 Å². The highest BCUT2D eigenvalue weighted by molar-refractivity contribution is 7.89. The van der Waals surface area contributed by atoms with Gasteiger partial charge in [-0.3, -0.25) is 0 Å². The molecule has 2 aromatic rings. The Hall–Kier alpha value is -1.11. The summed E-state index contributed by atoms with van der Waals surface area (Å²) in [6, 6.07) is 2.85. The molecule has 0 amide bonds. The highest BCUT2D eigenvalue weighted by atomic mass is 35.5. The molecular formula is C8H8ClN3O2S. The van der Waals surface area contributed by atoms with Crippen LogP contribution in [-0.2, 0) is 10.0 Å². The Balaban J connectivity index is 2.83. The van der Waals surface area contributed by atoms with Crippen LogP contribution in [0.3, 0.4) is 0 Å². The molecule has 0 saturated heterocycles. The van der Waals surface area contributed by atoms with Crippen LogP contribution in [0.2, 0.25) is 5.02 Å². The summed E-state index contributed by atoms with van der Waals surface area (Å²) in [5, 5.41) is 5.09. The number of hydrogen-bond donors (Lipinski definition) is 2. The van der Waals surface area contributed by atoms with Gasteiger partial charge < -0.3 is 4.98 Å². The summed E-state index contributed by atoms with van der Waals surface area (Å²) in [6.07, 6.45) is 0. The zero-order valence-electron chi connectivity index (χ0n) is 7.78. The average Bonchev–Trinajstić information content (AvgIpc) is 2.40. The Morgan fingerprint density at radius 1 is 1.47 bits per heavy atom. The number of H-pyrrole nitrogens is 1. The van der Waals surface area contributed by atoms with Gasteiger partial charge in [0.05, 0.1) is 16.1 Å². The van der Waals surface area contributed by atoms with Gasteiger partial charge in [-0.2, -0.15) is 0 Å². The molecule has 1 aromatic heterocycles. The van der Waals surface area contributed by atoms with Gasteiger partial charge in [-0.15, -0.1) is 0 Å². The minimum Gasteiger partial charge on any atom is -0.342 e. The van der Waals surface area contributed by atoms with E-state index < -0.39 is 10.0 Å². The number of benzene rings is 1. The molecule has 0 radical (unpaired) electrons. The quantitative estimate of drug-likeness (QED) is 0.790. The molecule has 2 rings (SSSR count). The van der Waals surface area contributed by atoms with Crippen molar-refractivity contribution in [3.05, 3.63) is 23.0 Å². The lowest BCUT2D eigenvalue weighted by Crippen LogP contribution is -2.12. The molecule has 0 atom stereocenters. The van der Waals surface area contributed by atoms with E-state index in [1.54, 1.807) is 6.92 Å². The van der Waals surface area contributed by atoms with E-state index in [9.17, 15) is 8.42 Å². The first-order valence-electron chi connectivity index (χ1n) is 4.06. The van der Waals surface area contributed by atoms with Gasteiger partial charge >= 0.3 is 0 Å². The molecule has 0 aliphatic rings. The Labute approximate surface area is 91.3 Å². The third kappa shape index (κ3) is 1.83. The van der Waals surface area contributed by atoms with E-state index in [0.29, 0.717) is 16.9 Å². The molecule has 7 heteroatoms. The first-order valence-corrected chi connectivity index (χ1v) is 5.99. The van der Waals surface area contributed by atoms with Crippen molar-refractivity contribution >= 4 is 32.7 Å². The molecule has 0 unspecified atom stereocenters. The largest absolute Gasteiger partial charge is 0.342 e. The van der Waals surface area contributed by atoms with Crippen LogP contribution in [0.4, 0.5) is 0 Å². The number of rotatable bonds is 1. The van der Waals surface area contributed by atoms with Gasteiger partial charge in [-0.05, 0) is 19.1 Å². The molecule has 0 spiro atoms. The number of hydrogen-bond acceptors (Lipinski definition) is 3. The van der Waals surface area contributed by atoms with Gasteiger partial charge in [-0.1, -0.05) is 11.6 Å². The standard InChI is InChI=1S/C8H8ClN3O2S/c1-4-11-6-2-5(9)8(15(10,13)14)3-7(6)12-4/h2-3H,1H3,(H,11,12)(H2,10,13,14). The maximum absolute atomic E-state index is 11.2. The lowest BCUT2D eigenvalue weighted by molar-refractivity contribution is 0.598. The Bertz CT molecular complexity index is 633. The lowest BCUT2D eigenvalue weighted by atomic mass is 10.3. The molecule has 15 heavy (non-hydrogen) atoms. The van der Waals surface area contributed by atoms with Gasteiger partial charge in [0.25, 0.3) is 0 Å². The molecule has 3 N–H and O–H groups in total. The number of aromatic amines is 1. The second kappa shape index (κ2) is 3.19. The number of nitrogens with zero attached hydrogens (tertiary/aromatic N) is 1. The van der Waals surface area contributed by atoms with Crippen LogP contribution in [-0.4, -0.2) is 18.4 Å². The molecule has 1 heterocycles. The average molecular weight is 246 g/mol. The summed E-state index contributed by atoms with van der Waals surface area (Å²) < 4.78 is 22.3. The van der Waals surface area contributed by atoms with Crippen LogP contribution in [0, 0.1) is 6.92 Å². The van der Waals surface area contributed by atoms with Gasteiger partial charge in [0.1, 0.15) is 10.7 Å². The smallest absolute Gasteiger partial charge is 0.239 e. The van der Waals surface area contributed by atoms with E-state index in [4.69, 9.17) is 16.7 Å². The Kier molecular flexibility index (Phi) is 2.22. The fraction of sp³-hybridized carbons (Fsp3) is 0.125. The van der Waals surface area contributed by atoms with Crippen LogP contribution in [0.5, 0.6) is 0 Å². The Morgan fingerprint density at radius 2 is 2.13 bits per heavy atom. The number of nitrogens with one attached hydrogen (secondary N) is 1. The van der Waals surface area contributed by atoms with Crippen LogP contribution in [0.1, 0.15) is 5.82 Å². The second-order valence-corrected chi connectivity index (χ2v) is 5.10. The molecule has 0 bridgehead atoms. The van der Waals surface area contributed by atoms with Crippen molar-refractivity contribution in [2.75, 3.05) is 0 Å². The fourth-order valence-corrected chi connectivity index (χ4v) is 2.45. The van der Waals surface area contributed by atoms with E-state index in [2.05, 4.69) is 9.97 Å². The predicted molar refractivity (Wildman–Crippen MR) is 57.2 cm³/mol. The number of imidazole rings is 1. The van der Waals surface area contributed by atoms with Crippen molar-refractivity contribution in [1.82, 2.24) is 9.97 Å². The van der Waals surface area contributed by atoms with Crippen LogP contribution in [0.15, 0.2) is 17.0 Å². The number of aryl methyl sites for hydroxylation is 1. The highest BCUT2D eigenvalue weighted by Gasteiger charge is 2.15. The summed E-state index contributed by atoms with van der Waals surface area (Å²) in [7, 11) is -3.80. The molecule has 0 fully saturated rings. The number of primary sulfonamides is 1.